The summed E-state index contributed by atoms with van der Waals surface area (Å²) in [6.45, 7) is 6.57. The standard InChI is InChI=1S/C25H26N2O2S/c1-17-15-18(2)23(19(3)16-17)26-25(30)27-24(28)21-11-7-8-12-22(21)29-14-13-20-9-5-4-6-10-20/h4-12,15-16H,13-14H2,1-3H3,(H2,26,27,28,30). The van der Waals surface area contributed by atoms with E-state index >= 15 is 0 Å². The fourth-order valence-electron chi connectivity index (χ4n) is 3.40. The summed E-state index contributed by atoms with van der Waals surface area (Å²) in [4.78, 5) is 12.8. The third-order valence-corrected chi connectivity index (χ3v) is 4.97. The zero-order valence-corrected chi connectivity index (χ0v) is 18.3. The molecule has 3 aromatic rings. The maximum absolute atomic E-state index is 12.8. The number of nitrogens with one attached hydrogen (secondary N) is 2. The second-order valence-corrected chi connectivity index (χ2v) is 7.67. The highest BCUT2D eigenvalue weighted by Gasteiger charge is 2.14. The van der Waals surface area contributed by atoms with E-state index in [-0.39, 0.29) is 11.0 Å². The van der Waals surface area contributed by atoms with Crippen LogP contribution in [0.2, 0.25) is 0 Å². The highest BCUT2D eigenvalue weighted by Crippen LogP contribution is 2.22. The van der Waals surface area contributed by atoms with Gasteiger partial charge in [0.1, 0.15) is 5.75 Å². The Hall–Kier alpha value is -3.18. The number of carbonyl (C=O) groups is 1. The highest BCUT2D eigenvalue weighted by molar-refractivity contribution is 7.80. The summed E-state index contributed by atoms with van der Waals surface area (Å²) in [6.07, 6.45) is 0.767. The number of anilines is 1. The van der Waals surface area contributed by atoms with Gasteiger partial charge in [0, 0.05) is 12.1 Å². The quantitative estimate of drug-likeness (QED) is 0.529. The molecule has 3 rings (SSSR count). The predicted octanol–water partition coefficient (Wildman–Crippen LogP) is 5.36. The van der Waals surface area contributed by atoms with Gasteiger partial charge < -0.3 is 10.1 Å². The third kappa shape index (κ3) is 5.67. The van der Waals surface area contributed by atoms with E-state index in [1.165, 1.54) is 11.1 Å². The number of benzene rings is 3. The number of aryl methyl sites for hydroxylation is 3. The van der Waals surface area contributed by atoms with Gasteiger partial charge in [-0.3, -0.25) is 10.1 Å². The van der Waals surface area contributed by atoms with Crippen molar-refractivity contribution in [2.45, 2.75) is 27.2 Å². The largest absolute Gasteiger partial charge is 0.492 e. The van der Waals surface area contributed by atoms with Crippen LogP contribution in [0.3, 0.4) is 0 Å². The number of ether oxygens (including phenoxy) is 1. The summed E-state index contributed by atoms with van der Waals surface area (Å²) in [7, 11) is 0. The molecule has 2 N–H and O–H groups in total. The molecule has 30 heavy (non-hydrogen) atoms. The van der Waals surface area contributed by atoms with E-state index in [4.69, 9.17) is 17.0 Å². The molecule has 0 bridgehead atoms. The number of hydrogen-bond donors (Lipinski definition) is 2. The molecule has 0 fully saturated rings. The molecular weight excluding hydrogens is 392 g/mol. The minimum absolute atomic E-state index is 0.258. The van der Waals surface area contributed by atoms with Gasteiger partial charge in [0.25, 0.3) is 5.91 Å². The van der Waals surface area contributed by atoms with Crippen molar-refractivity contribution in [3.63, 3.8) is 0 Å². The molecule has 0 aliphatic rings. The molecule has 0 saturated carbocycles. The van der Waals surface area contributed by atoms with Crippen molar-refractivity contribution in [1.29, 1.82) is 0 Å². The fourth-order valence-corrected chi connectivity index (χ4v) is 3.59. The van der Waals surface area contributed by atoms with Gasteiger partial charge in [-0.2, -0.15) is 0 Å². The molecule has 154 valence electrons. The maximum atomic E-state index is 12.8. The molecule has 0 atom stereocenters. The number of hydrogen-bond acceptors (Lipinski definition) is 3. The normalized spacial score (nSPS) is 10.4. The first-order chi connectivity index (χ1) is 14.4. The highest BCUT2D eigenvalue weighted by atomic mass is 32.1. The summed E-state index contributed by atoms with van der Waals surface area (Å²) >= 11 is 5.38. The van der Waals surface area contributed by atoms with Gasteiger partial charge in [0.2, 0.25) is 0 Å². The Labute approximate surface area is 183 Å². The van der Waals surface area contributed by atoms with Crippen LogP contribution in [0.5, 0.6) is 5.75 Å². The van der Waals surface area contributed by atoms with Gasteiger partial charge in [-0.1, -0.05) is 60.2 Å². The van der Waals surface area contributed by atoms with Gasteiger partial charge in [0.05, 0.1) is 12.2 Å². The van der Waals surface area contributed by atoms with Crippen LogP contribution in [-0.2, 0) is 6.42 Å². The summed E-state index contributed by atoms with van der Waals surface area (Å²) in [5, 5.41) is 6.17. The van der Waals surface area contributed by atoms with Gasteiger partial charge in [-0.25, -0.2) is 0 Å². The Kier molecular flexibility index (Phi) is 7.20. The van der Waals surface area contributed by atoms with E-state index in [1.807, 2.05) is 44.2 Å². The third-order valence-electron chi connectivity index (χ3n) is 4.77. The average Bonchev–Trinajstić information content (AvgIpc) is 2.72. The van der Waals surface area contributed by atoms with Gasteiger partial charge >= 0.3 is 0 Å². The van der Waals surface area contributed by atoms with E-state index in [9.17, 15) is 4.79 Å². The number of para-hydroxylation sites is 1. The molecule has 3 aromatic carbocycles. The van der Waals surface area contributed by atoms with E-state index in [1.54, 1.807) is 12.1 Å². The van der Waals surface area contributed by atoms with Crippen molar-refractivity contribution >= 4 is 28.9 Å². The van der Waals surface area contributed by atoms with Crippen LogP contribution in [0.1, 0.15) is 32.6 Å². The maximum Gasteiger partial charge on any atom is 0.261 e. The monoisotopic (exact) mass is 418 g/mol. The first-order valence-corrected chi connectivity index (χ1v) is 10.3. The number of thiocarbonyl (C=S) groups is 1. The minimum Gasteiger partial charge on any atom is -0.492 e. The van der Waals surface area contributed by atoms with Crippen LogP contribution >= 0.6 is 12.2 Å². The van der Waals surface area contributed by atoms with Gasteiger partial charge in [-0.15, -0.1) is 0 Å². The first kappa shape index (κ1) is 21.5. The predicted molar refractivity (Wildman–Crippen MR) is 126 cm³/mol. The molecular formula is C25H26N2O2S. The van der Waals surface area contributed by atoms with Crippen molar-refractivity contribution in [2.24, 2.45) is 0 Å². The Morgan fingerprint density at radius 2 is 1.57 bits per heavy atom. The van der Waals surface area contributed by atoms with Gasteiger partial charge in [0.15, 0.2) is 5.11 Å². The minimum atomic E-state index is -0.301. The molecule has 0 radical (unpaired) electrons. The SMILES string of the molecule is Cc1cc(C)c(NC(=S)NC(=O)c2ccccc2OCCc2ccccc2)c(C)c1. The lowest BCUT2D eigenvalue weighted by Crippen LogP contribution is -2.34. The van der Waals surface area contributed by atoms with E-state index in [0.29, 0.717) is 17.9 Å². The second kappa shape index (κ2) is 10.0. The number of amides is 1. The van der Waals surface area contributed by atoms with E-state index in [0.717, 1.165) is 23.2 Å². The lowest BCUT2D eigenvalue weighted by molar-refractivity contribution is 0.0974. The zero-order valence-electron chi connectivity index (χ0n) is 17.5. The van der Waals surface area contributed by atoms with Crippen LogP contribution in [0.4, 0.5) is 5.69 Å². The average molecular weight is 419 g/mol. The summed E-state index contributed by atoms with van der Waals surface area (Å²) in [5.74, 6) is 0.238. The van der Waals surface area contributed by atoms with E-state index < -0.39 is 0 Å². The molecule has 0 unspecified atom stereocenters. The zero-order chi connectivity index (χ0) is 21.5. The Morgan fingerprint density at radius 1 is 0.933 bits per heavy atom. The van der Waals surface area contributed by atoms with Crippen LogP contribution < -0.4 is 15.4 Å². The summed E-state index contributed by atoms with van der Waals surface area (Å²) in [6, 6.07) is 21.5. The number of carbonyl (C=O) groups excluding carboxylic acids is 1. The van der Waals surface area contributed by atoms with E-state index in [2.05, 4.69) is 41.8 Å². The van der Waals surface area contributed by atoms with Crippen molar-refractivity contribution in [3.8, 4) is 5.75 Å². The Morgan fingerprint density at radius 3 is 2.27 bits per heavy atom. The van der Waals surface area contributed by atoms with Crippen molar-refractivity contribution in [2.75, 3.05) is 11.9 Å². The van der Waals surface area contributed by atoms with Crippen LogP contribution in [0.25, 0.3) is 0 Å². The smallest absolute Gasteiger partial charge is 0.261 e. The lowest BCUT2D eigenvalue weighted by atomic mass is 10.1. The lowest BCUT2D eigenvalue weighted by Gasteiger charge is -2.16. The number of rotatable bonds is 6. The van der Waals surface area contributed by atoms with Crippen molar-refractivity contribution in [3.05, 3.63) is 94.5 Å². The molecule has 0 saturated heterocycles. The molecule has 0 aromatic heterocycles. The fraction of sp³-hybridized carbons (Fsp3) is 0.200. The molecule has 0 heterocycles. The van der Waals surface area contributed by atoms with Crippen molar-refractivity contribution < 1.29 is 9.53 Å². The summed E-state index contributed by atoms with van der Waals surface area (Å²) < 4.78 is 5.89. The Balaban J connectivity index is 1.63. The topological polar surface area (TPSA) is 50.4 Å². The van der Waals surface area contributed by atoms with Gasteiger partial charge in [-0.05, 0) is 61.8 Å². The van der Waals surface area contributed by atoms with Crippen LogP contribution in [0.15, 0.2) is 66.7 Å². The van der Waals surface area contributed by atoms with Crippen LogP contribution in [0, 0.1) is 20.8 Å². The second-order valence-electron chi connectivity index (χ2n) is 7.26. The Bertz CT molecular complexity index is 1030. The first-order valence-electron chi connectivity index (χ1n) is 9.90. The van der Waals surface area contributed by atoms with Crippen LogP contribution in [-0.4, -0.2) is 17.6 Å². The molecule has 0 aliphatic heterocycles. The molecule has 0 aliphatic carbocycles. The molecule has 4 nitrogen and oxygen atoms in total. The van der Waals surface area contributed by atoms with Crippen molar-refractivity contribution in [1.82, 2.24) is 5.32 Å². The molecule has 1 amide bonds. The summed E-state index contributed by atoms with van der Waals surface area (Å²) in [5.41, 5.74) is 5.90. The molecule has 5 heteroatoms. The molecule has 0 spiro atoms.